The molecule has 1 atom stereocenters. The van der Waals surface area contributed by atoms with Crippen LogP contribution in [0.5, 0.6) is 5.75 Å². The molecule has 2 rings (SSSR count). The first-order valence-electron chi connectivity index (χ1n) is 6.73. The van der Waals surface area contributed by atoms with Crippen LogP contribution in [-0.4, -0.2) is 16.9 Å². The van der Waals surface area contributed by atoms with Crippen molar-refractivity contribution in [1.29, 1.82) is 0 Å². The van der Waals surface area contributed by atoms with E-state index >= 15 is 0 Å². The molecule has 5 heteroatoms. The van der Waals surface area contributed by atoms with Crippen molar-refractivity contribution < 1.29 is 4.74 Å². The number of ether oxygens (including phenoxy) is 1. The van der Waals surface area contributed by atoms with E-state index in [4.69, 9.17) is 10.6 Å². The highest BCUT2D eigenvalue weighted by molar-refractivity contribution is 5.37. The number of nitrogens with two attached hydrogens (primary N) is 1. The van der Waals surface area contributed by atoms with Crippen LogP contribution >= 0.6 is 0 Å². The Morgan fingerprint density at radius 2 is 2.20 bits per heavy atom. The van der Waals surface area contributed by atoms with Gasteiger partial charge < -0.3 is 4.74 Å². The fourth-order valence-electron chi connectivity index (χ4n) is 2.34. The van der Waals surface area contributed by atoms with Gasteiger partial charge in [0.25, 0.3) is 0 Å². The summed E-state index contributed by atoms with van der Waals surface area (Å²) < 4.78 is 7.26. The van der Waals surface area contributed by atoms with Crippen molar-refractivity contribution in [2.75, 3.05) is 7.11 Å². The maximum absolute atomic E-state index is 5.70. The molecule has 1 aromatic heterocycles. The van der Waals surface area contributed by atoms with E-state index in [0.29, 0.717) is 0 Å². The monoisotopic (exact) mass is 274 g/mol. The van der Waals surface area contributed by atoms with Crippen LogP contribution in [0.2, 0.25) is 0 Å². The van der Waals surface area contributed by atoms with Gasteiger partial charge in [-0.2, -0.15) is 5.10 Å². The highest BCUT2D eigenvalue weighted by Crippen LogP contribution is 2.25. The fraction of sp³-hybridized carbons (Fsp3) is 0.400. The van der Waals surface area contributed by atoms with Gasteiger partial charge in [-0.1, -0.05) is 12.1 Å². The zero-order valence-corrected chi connectivity index (χ0v) is 12.3. The van der Waals surface area contributed by atoms with Gasteiger partial charge in [-0.05, 0) is 43.0 Å². The zero-order chi connectivity index (χ0) is 14.5. The number of rotatable bonds is 6. The summed E-state index contributed by atoms with van der Waals surface area (Å²) in [7, 11) is 3.64. The van der Waals surface area contributed by atoms with Crippen molar-refractivity contribution in [3.05, 3.63) is 47.3 Å². The topological polar surface area (TPSA) is 65.1 Å². The van der Waals surface area contributed by atoms with Crippen LogP contribution < -0.4 is 16.0 Å². The predicted molar refractivity (Wildman–Crippen MR) is 79.3 cm³/mol. The lowest BCUT2D eigenvalue weighted by molar-refractivity contribution is 0.409. The van der Waals surface area contributed by atoms with E-state index in [2.05, 4.69) is 22.7 Å². The minimum atomic E-state index is 0.0967. The first-order chi connectivity index (χ1) is 9.65. The molecule has 2 aromatic rings. The molecular weight excluding hydrogens is 252 g/mol. The maximum Gasteiger partial charge on any atom is 0.122 e. The lowest BCUT2D eigenvalue weighted by atomic mass is 10.00. The van der Waals surface area contributed by atoms with Gasteiger partial charge in [0, 0.05) is 25.0 Å². The Labute approximate surface area is 119 Å². The summed E-state index contributed by atoms with van der Waals surface area (Å²) in [4.78, 5) is 0. The number of aryl methyl sites for hydroxylation is 3. The molecule has 0 fully saturated rings. The summed E-state index contributed by atoms with van der Waals surface area (Å²) in [5.41, 5.74) is 6.34. The summed E-state index contributed by atoms with van der Waals surface area (Å²) in [5.74, 6) is 6.59. The molecule has 0 aliphatic heterocycles. The molecule has 0 saturated carbocycles. The van der Waals surface area contributed by atoms with Crippen LogP contribution in [0.25, 0.3) is 0 Å². The highest BCUT2D eigenvalue weighted by atomic mass is 16.5. The second-order valence-corrected chi connectivity index (χ2v) is 4.93. The average Bonchev–Trinajstić information content (AvgIpc) is 2.86. The molecule has 1 unspecified atom stereocenters. The molecule has 3 N–H and O–H groups in total. The Bertz CT molecular complexity index is 565. The standard InChI is InChI=1S/C15H22N4O/c1-11-4-5-12(10-15(11)20-3)14(18-16)7-6-13-8-9-17-19(13)2/h4-5,8-10,14,18H,6-7,16H2,1-3H3. The van der Waals surface area contributed by atoms with E-state index in [1.807, 2.05) is 37.0 Å². The number of hydrazine groups is 1. The third-order valence-electron chi connectivity index (χ3n) is 3.65. The average molecular weight is 274 g/mol. The van der Waals surface area contributed by atoms with Crippen molar-refractivity contribution in [1.82, 2.24) is 15.2 Å². The quantitative estimate of drug-likeness (QED) is 0.623. The molecule has 0 bridgehead atoms. The Morgan fingerprint density at radius 3 is 2.80 bits per heavy atom. The van der Waals surface area contributed by atoms with Crippen LogP contribution in [0, 0.1) is 6.92 Å². The number of benzene rings is 1. The van der Waals surface area contributed by atoms with Crippen molar-refractivity contribution >= 4 is 0 Å². The first kappa shape index (κ1) is 14.6. The van der Waals surface area contributed by atoms with E-state index in [1.165, 1.54) is 5.69 Å². The third kappa shape index (κ3) is 3.18. The zero-order valence-electron chi connectivity index (χ0n) is 12.3. The number of nitrogens with zero attached hydrogens (tertiary/aromatic N) is 2. The third-order valence-corrected chi connectivity index (χ3v) is 3.65. The molecule has 0 spiro atoms. The van der Waals surface area contributed by atoms with Gasteiger partial charge in [0.1, 0.15) is 5.75 Å². The lowest BCUT2D eigenvalue weighted by Crippen LogP contribution is -2.28. The second-order valence-electron chi connectivity index (χ2n) is 4.93. The Morgan fingerprint density at radius 1 is 1.40 bits per heavy atom. The SMILES string of the molecule is COc1cc(C(CCc2ccnn2C)NN)ccc1C. The molecule has 5 nitrogen and oxygen atoms in total. The molecular formula is C15H22N4O. The predicted octanol–water partition coefficient (Wildman–Crippen LogP) is 1.87. The van der Waals surface area contributed by atoms with Gasteiger partial charge >= 0.3 is 0 Å². The first-order valence-corrected chi connectivity index (χ1v) is 6.73. The molecule has 0 aliphatic rings. The summed E-state index contributed by atoms with van der Waals surface area (Å²) in [6.45, 7) is 2.03. The van der Waals surface area contributed by atoms with Crippen LogP contribution in [0.4, 0.5) is 0 Å². The van der Waals surface area contributed by atoms with Crippen LogP contribution in [0.1, 0.15) is 29.3 Å². The minimum absolute atomic E-state index is 0.0967. The van der Waals surface area contributed by atoms with Crippen LogP contribution in [0.15, 0.2) is 30.5 Å². The van der Waals surface area contributed by atoms with Crippen molar-refractivity contribution in [3.8, 4) is 5.75 Å². The minimum Gasteiger partial charge on any atom is -0.496 e. The van der Waals surface area contributed by atoms with Gasteiger partial charge in [0.05, 0.1) is 7.11 Å². The molecule has 1 aromatic carbocycles. The van der Waals surface area contributed by atoms with E-state index in [0.717, 1.165) is 29.7 Å². The van der Waals surface area contributed by atoms with E-state index in [1.54, 1.807) is 7.11 Å². The summed E-state index contributed by atoms with van der Waals surface area (Å²) in [5, 5.41) is 4.18. The van der Waals surface area contributed by atoms with Crippen LogP contribution in [-0.2, 0) is 13.5 Å². The highest BCUT2D eigenvalue weighted by Gasteiger charge is 2.12. The lowest BCUT2D eigenvalue weighted by Gasteiger charge is -2.18. The Hall–Kier alpha value is -1.85. The number of methoxy groups -OCH3 is 1. The molecule has 0 saturated heterocycles. The number of hydrogen-bond donors (Lipinski definition) is 2. The summed E-state index contributed by atoms with van der Waals surface area (Å²) >= 11 is 0. The van der Waals surface area contributed by atoms with Gasteiger partial charge in [-0.15, -0.1) is 0 Å². The molecule has 0 amide bonds. The fourth-order valence-corrected chi connectivity index (χ4v) is 2.34. The normalized spacial score (nSPS) is 12.4. The van der Waals surface area contributed by atoms with Gasteiger partial charge in [0.2, 0.25) is 0 Å². The molecule has 20 heavy (non-hydrogen) atoms. The Kier molecular flexibility index (Phi) is 4.76. The van der Waals surface area contributed by atoms with E-state index in [-0.39, 0.29) is 6.04 Å². The summed E-state index contributed by atoms with van der Waals surface area (Å²) in [6, 6.07) is 8.32. The molecule has 1 heterocycles. The largest absolute Gasteiger partial charge is 0.496 e. The number of nitrogens with one attached hydrogen (secondary N) is 1. The maximum atomic E-state index is 5.70. The van der Waals surface area contributed by atoms with Crippen LogP contribution in [0.3, 0.4) is 0 Å². The number of hydrogen-bond acceptors (Lipinski definition) is 4. The van der Waals surface area contributed by atoms with Gasteiger partial charge in [0.15, 0.2) is 0 Å². The molecule has 0 radical (unpaired) electrons. The van der Waals surface area contributed by atoms with Crippen molar-refractivity contribution in [2.24, 2.45) is 12.9 Å². The second kappa shape index (κ2) is 6.54. The molecule has 0 aliphatic carbocycles. The van der Waals surface area contributed by atoms with E-state index in [9.17, 15) is 0 Å². The van der Waals surface area contributed by atoms with Gasteiger partial charge in [-0.25, -0.2) is 0 Å². The smallest absolute Gasteiger partial charge is 0.122 e. The summed E-state index contributed by atoms with van der Waals surface area (Å²) in [6.07, 6.45) is 3.64. The van der Waals surface area contributed by atoms with E-state index < -0.39 is 0 Å². The van der Waals surface area contributed by atoms with Crippen molar-refractivity contribution in [2.45, 2.75) is 25.8 Å². The Balaban J connectivity index is 2.10. The number of aromatic nitrogens is 2. The molecule has 108 valence electrons. The van der Waals surface area contributed by atoms with Crippen molar-refractivity contribution in [3.63, 3.8) is 0 Å². The van der Waals surface area contributed by atoms with Gasteiger partial charge in [-0.3, -0.25) is 16.0 Å².